The second kappa shape index (κ2) is 4.20. The van der Waals surface area contributed by atoms with Crippen molar-refractivity contribution < 1.29 is 22.5 Å². The largest absolute Gasteiger partial charge is 0.461 e. The zero-order chi connectivity index (χ0) is 12.9. The molecule has 4 rings (SSSR count). The molecule has 6 heteroatoms. The van der Waals surface area contributed by atoms with E-state index in [1.165, 1.54) is 6.42 Å². The van der Waals surface area contributed by atoms with Crippen molar-refractivity contribution in [3.8, 4) is 0 Å². The van der Waals surface area contributed by atoms with E-state index in [2.05, 4.69) is 0 Å². The van der Waals surface area contributed by atoms with Gasteiger partial charge in [0, 0.05) is 0 Å². The van der Waals surface area contributed by atoms with Crippen LogP contribution in [0.5, 0.6) is 0 Å². The molecule has 4 bridgehead atoms. The van der Waals surface area contributed by atoms with E-state index in [9.17, 15) is 13.2 Å². The van der Waals surface area contributed by atoms with E-state index in [0.29, 0.717) is 11.8 Å². The van der Waals surface area contributed by atoms with Gasteiger partial charge in [-0.2, -0.15) is 8.42 Å². The lowest BCUT2D eigenvalue weighted by Gasteiger charge is -2.53. The predicted molar refractivity (Wildman–Crippen MR) is 63.3 cm³/mol. The molecule has 18 heavy (non-hydrogen) atoms. The number of hydrogen-bond acceptors (Lipinski definition) is 4. The number of hydrogen-bond donors (Lipinski definition) is 1. The number of esters is 1. The molecule has 4 fully saturated rings. The van der Waals surface area contributed by atoms with Gasteiger partial charge in [0.25, 0.3) is 10.1 Å². The standard InChI is InChI=1S/C12H18O5S/c13-11(6-18(14,15)16)17-12-9-2-7-1-8(4-9)5-10(12)3-7/h7-10,12H,1-6H2,(H,14,15,16). The van der Waals surface area contributed by atoms with Crippen molar-refractivity contribution in [1.82, 2.24) is 0 Å². The first-order valence-corrected chi connectivity index (χ1v) is 8.16. The Kier molecular flexibility index (Phi) is 2.90. The number of rotatable bonds is 3. The summed E-state index contributed by atoms with van der Waals surface area (Å²) in [6, 6.07) is 0. The Morgan fingerprint density at radius 1 is 1.06 bits per heavy atom. The third-order valence-electron chi connectivity index (χ3n) is 4.71. The maximum atomic E-state index is 11.5. The Morgan fingerprint density at radius 3 is 2.00 bits per heavy atom. The van der Waals surface area contributed by atoms with Crippen molar-refractivity contribution in [1.29, 1.82) is 0 Å². The van der Waals surface area contributed by atoms with Gasteiger partial charge in [-0.15, -0.1) is 0 Å². The molecule has 5 nitrogen and oxygen atoms in total. The van der Waals surface area contributed by atoms with E-state index < -0.39 is 21.8 Å². The number of carbonyl (C=O) groups excluding carboxylic acids is 1. The quantitative estimate of drug-likeness (QED) is 0.618. The van der Waals surface area contributed by atoms with Crippen molar-refractivity contribution in [2.45, 2.75) is 38.2 Å². The van der Waals surface area contributed by atoms with E-state index in [1.807, 2.05) is 0 Å². The molecular formula is C12H18O5S. The molecule has 4 aliphatic carbocycles. The van der Waals surface area contributed by atoms with Crippen molar-refractivity contribution in [3.05, 3.63) is 0 Å². The molecule has 0 aromatic rings. The Morgan fingerprint density at radius 2 is 1.56 bits per heavy atom. The highest BCUT2D eigenvalue weighted by atomic mass is 32.2. The summed E-state index contributed by atoms with van der Waals surface area (Å²) in [6.45, 7) is 0. The van der Waals surface area contributed by atoms with Gasteiger partial charge in [-0.05, 0) is 55.8 Å². The summed E-state index contributed by atoms with van der Waals surface area (Å²) in [5, 5.41) is 0. The second-order valence-electron chi connectivity index (χ2n) is 6.11. The Bertz CT molecular complexity index is 427. The number of ether oxygens (including phenoxy) is 1. The molecule has 0 spiro atoms. The fourth-order valence-corrected chi connectivity index (χ4v) is 4.77. The lowest BCUT2D eigenvalue weighted by atomic mass is 9.55. The topological polar surface area (TPSA) is 80.7 Å². The van der Waals surface area contributed by atoms with Crippen molar-refractivity contribution in [2.75, 3.05) is 5.75 Å². The molecule has 0 radical (unpaired) electrons. The van der Waals surface area contributed by atoms with Gasteiger partial charge in [-0.1, -0.05) is 0 Å². The van der Waals surface area contributed by atoms with Crippen molar-refractivity contribution in [2.24, 2.45) is 23.7 Å². The van der Waals surface area contributed by atoms with Gasteiger partial charge in [0.05, 0.1) is 0 Å². The summed E-state index contributed by atoms with van der Waals surface area (Å²) in [5.74, 6) is 0.650. The van der Waals surface area contributed by atoms with Crippen LogP contribution in [0.2, 0.25) is 0 Å². The molecule has 4 aliphatic rings. The van der Waals surface area contributed by atoms with Crippen LogP contribution in [0.3, 0.4) is 0 Å². The van der Waals surface area contributed by atoms with Crippen LogP contribution in [0.1, 0.15) is 32.1 Å². The second-order valence-corrected chi connectivity index (χ2v) is 7.56. The fourth-order valence-electron chi connectivity index (χ4n) is 4.40. The van der Waals surface area contributed by atoms with E-state index in [4.69, 9.17) is 9.29 Å². The van der Waals surface area contributed by atoms with Crippen LogP contribution >= 0.6 is 0 Å². The molecular weight excluding hydrogens is 256 g/mol. The minimum Gasteiger partial charge on any atom is -0.461 e. The van der Waals surface area contributed by atoms with E-state index in [1.54, 1.807) is 0 Å². The summed E-state index contributed by atoms with van der Waals surface area (Å²) < 4.78 is 35.3. The lowest BCUT2D eigenvalue weighted by Crippen LogP contribution is -2.50. The predicted octanol–water partition coefficient (Wildman–Crippen LogP) is 1.24. The van der Waals surface area contributed by atoms with Crippen LogP contribution in [0.15, 0.2) is 0 Å². The maximum absolute atomic E-state index is 11.5. The first-order valence-electron chi connectivity index (χ1n) is 6.55. The first-order chi connectivity index (χ1) is 8.40. The average molecular weight is 274 g/mol. The number of carbonyl (C=O) groups is 1. The third-order valence-corrected chi connectivity index (χ3v) is 5.31. The highest BCUT2D eigenvalue weighted by molar-refractivity contribution is 7.86. The summed E-state index contributed by atoms with van der Waals surface area (Å²) >= 11 is 0. The summed E-state index contributed by atoms with van der Waals surface area (Å²) in [5.41, 5.74) is 0. The Labute approximate surface area is 107 Å². The summed E-state index contributed by atoms with van der Waals surface area (Å²) in [7, 11) is -4.27. The van der Waals surface area contributed by atoms with Gasteiger partial charge >= 0.3 is 5.97 Å². The molecule has 102 valence electrons. The SMILES string of the molecule is O=C(CS(=O)(=O)O)OC1C2CC3CC(C2)CC1C3. The lowest BCUT2D eigenvalue weighted by molar-refractivity contribution is -0.167. The molecule has 0 aromatic carbocycles. The van der Waals surface area contributed by atoms with Gasteiger partial charge in [-0.3, -0.25) is 9.35 Å². The fraction of sp³-hybridized carbons (Fsp3) is 0.917. The molecule has 0 saturated heterocycles. The highest BCUT2D eigenvalue weighted by Crippen LogP contribution is 2.54. The monoisotopic (exact) mass is 274 g/mol. The van der Waals surface area contributed by atoms with Crippen LogP contribution in [0, 0.1) is 23.7 Å². The van der Waals surface area contributed by atoms with Gasteiger partial charge < -0.3 is 4.74 Å². The van der Waals surface area contributed by atoms with Crippen LogP contribution in [0.4, 0.5) is 0 Å². The highest BCUT2D eigenvalue weighted by Gasteiger charge is 2.49. The summed E-state index contributed by atoms with van der Waals surface area (Å²) in [4.78, 5) is 11.5. The van der Waals surface area contributed by atoms with Gasteiger partial charge in [0.15, 0.2) is 5.75 Å². The maximum Gasteiger partial charge on any atom is 0.323 e. The van der Waals surface area contributed by atoms with E-state index >= 15 is 0 Å². The zero-order valence-corrected chi connectivity index (χ0v) is 10.9. The molecule has 4 saturated carbocycles. The molecule has 0 aromatic heterocycles. The Hall–Kier alpha value is -0.620. The first kappa shape index (κ1) is 12.4. The van der Waals surface area contributed by atoms with Crippen LogP contribution in [0.25, 0.3) is 0 Å². The zero-order valence-electron chi connectivity index (χ0n) is 10.1. The van der Waals surface area contributed by atoms with Crippen molar-refractivity contribution >= 4 is 16.1 Å². The smallest absolute Gasteiger partial charge is 0.323 e. The molecule has 0 heterocycles. The van der Waals surface area contributed by atoms with Crippen LogP contribution in [-0.4, -0.2) is 30.8 Å². The summed E-state index contributed by atoms with van der Waals surface area (Å²) in [6.07, 6.45) is 5.63. The molecule has 0 amide bonds. The average Bonchev–Trinajstić information content (AvgIpc) is 2.19. The van der Waals surface area contributed by atoms with Gasteiger partial charge in [-0.25, -0.2) is 0 Å². The normalized spacial score (nSPS) is 41.9. The van der Waals surface area contributed by atoms with E-state index in [0.717, 1.165) is 37.5 Å². The van der Waals surface area contributed by atoms with Crippen LogP contribution in [-0.2, 0) is 19.6 Å². The third kappa shape index (κ3) is 2.40. The minimum absolute atomic E-state index is 0.118. The molecule has 0 atom stereocenters. The molecule has 0 aliphatic heterocycles. The van der Waals surface area contributed by atoms with Crippen LogP contribution < -0.4 is 0 Å². The molecule has 1 N–H and O–H groups in total. The molecule has 0 unspecified atom stereocenters. The van der Waals surface area contributed by atoms with Gasteiger partial charge in [0.1, 0.15) is 6.10 Å². The van der Waals surface area contributed by atoms with E-state index in [-0.39, 0.29) is 6.10 Å². The van der Waals surface area contributed by atoms with Crippen molar-refractivity contribution in [3.63, 3.8) is 0 Å². The van der Waals surface area contributed by atoms with Gasteiger partial charge in [0.2, 0.25) is 0 Å². The Balaban J connectivity index is 1.65. The minimum atomic E-state index is -4.27.